The van der Waals surface area contributed by atoms with Crippen LogP contribution in [-0.4, -0.2) is 32.4 Å². The quantitative estimate of drug-likeness (QED) is 0.738. The van der Waals surface area contributed by atoms with Crippen molar-refractivity contribution < 1.29 is 4.79 Å². The van der Waals surface area contributed by atoms with Crippen LogP contribution in [0.4, 0.5) is 0 Å². The van der Waals surface area contributed by atoms with E-state index in [0.717, 1.165) is 19.3 Å². The van der Waals surface area contributed by atoms with E-state index in [9.17, 15) is 4.79 Å². The monoisotopic (exact) mass is 332 g/mol. The molecule has 1 aromatic carbocycles. The Balaban J connectivity index is 1.62. The Hall–Kier alpha value is -2.95. The van der Waals surface area contributed by atoms with E-state index in [1.165, 1.54) is 11.1 Å². The number of aryl methyl sites for hydroxylation is 1. The third-order valence-corrected chi connectivity index (χ3v) is 4.89. The van der Waals surface area contributed by atoms with E-state index in [1.54, 1.807) is 29.4 Å². The van der Waals surface area contributed by atoms with Gasteiger partial charge >= 0.3 is 0 Å². The lowest BCUT2D eigenvalue weighted by molar-refractivity contribution is 0.0715. The van der Waals surface area contributed by atoms with Crippen LogP contribution in [-0.2, 0) is 6.42 Å². The van der Waals surface area contributed by atoms with Crippen LogP contribution in [0.2, 0.25) is 0 Å². The van der Waals surface area contributed by atoms with Gasteiger partial charge in [0.25, 0.3) is 5.91 Å². The van der Waals surface area contributed by atoms with Crippen molar-refractivity contribution in [3.8, 4) is 5.82 Å². The number of carbonyl (C=O) groups is 1. The molecule has 5 heteroatoms. The third-order valence-electron chi connectivity index (χ3n) is 4.89. The van der Waals surface area contributed by atoms with Crippen LogP contribution < -0.4 is 0 Å². The lowest BCUT2D eigenvalue weighted by Gasteiger charge is -2.33. The zero-order chi connectivity index (χ0) is 17.2. The topological polar surface area (TPSA) is 51.0 Å². The highest BCUT2D eigenvalue weighted by Crippen LogP contribution is 2.34. The smallest absolute Gasteiger partial charge is 0.254 e. The Morgan fingerprint density at radius 1 is 1.24 bits per heavy atom. The van der Waals surface area contributed by atoms with Crippen molar-refractivity contribution in [3.63, 3.8) is 0 Å². The molecule has 3 aromatic rings. The molecule has 0 bridgehead atoms. The van der Waals surface area contributed by atoms with E-state index in [2.05, 4.69) is 34.2 Å². The van der Waals surface area contributed by atoms with Crippen LogP contribution in [0.1, 0.15) is 40.4 Å². The van der Waals surface area contributed by atoms with E-state index < -0.39 is 0 Å². The van der Waals surface area contributed by atoms with Crippen molar-refractivity contribution in [3.05, 3.63) is 78.0 Å². The van der Waals surface area contributed by atoms with E-state index in [1.807, 2.05) is 24.2 Å². The first kappa shape index (κ1) is 15.6. The lowest BCUT2D eigenvalue weighted by atomic mass is 9.87. The number of amides is 1. The first-order valence-electron chi connectivity index (χ1n) is 8.53. The first-order valence-corrected chi connectivity index (χ1v) is 8.53. The lowest BCUT2D eigenvalue weighted by Crippen LogP contribution is -2.33. The fourth-order valence-electron chi connectivity index (χ4n) is 3.56. The first-order chi connectivity index (χ1) is 12.2. The summed E-state index contributed by atoms with van der Waals surface area (Å²) in [5, 5.41) is 0. The summed E-state index contributed by atoms with van der Waals surface area (Å²) >= 11 is 0. The van der Waals surface area contributed by atoms with Gasteiger partial charge in [-0.1, -0.05) is 24.3 Å². The summed E-state index contributed by atoms with van der Waals surface area (Å²) in [6.45, 7) is 0. The van der Waals surface area contributed by atoms with Crippen molar-refractivity contribution in [2.24, 2.45) is 0 Å². The standard InChI is InChI=1S/C20H20N4O/c1-23(18-8-4-6-15-5-2-3-7-17(15)18)20(25)16-9-10-22-19(13-16)24-12-11-21-14-24/h2-3,5,7,9-14,18H,4,6,8H2,1H3/t18-/m0/s1. The van der Waals surface area contributed by atoms with Crippen LogP contribution in [0.3, 0.4) is 0 Å². The molecule has 1 atom stereocenters. The third kappa shape index (κ3) is 2.93. The molecule has 2 heterocycles. The van der Waals surface area contributed by atoms with Gasteiger partial charge in [0, 0.05) is 31.2 Å². The van der Waals surface area contributed by atoms with Crippen LogP contribution in [0.25, 0.3) is 5.82 Å². The van der Waals surface area contributed by atoms with Gasteiger partial charge in [-0.15, -0.1) is 0 Å². The summed E-state index contributed by atoms with van der Waals surface area (Å²) in [6, 6.07) is 12.2. The molecule has 0 aliphatic heterocycles. The summed E-state index contributed by atoms with van der Waals surface area (Å²) in [6.07, 6.45) is 10.1. The van der Waals surface area contributed by atoms with Crippen molar-refractivity contribution in [1.29, 1.82) is 0 Å². The minimum atomic E-state index is 0.0190. The largest absolute Gasteiger partial charge is 0.335 e. The molecule has 0 unspecified atom stereocenters. The van der Waals surface area contributed by atoms with Crippen molar-refractivity contribution in [2.45, 2.75) is 25.3 Å². The molecule has 1 aliphatic rings. The average Bonchev–Trinajstić information content (AvgIpc) is 3.21. The number of hydrogen-bond donors (Lipinski definition) is 0. The van der Waals surface area contributed by atoms with E-state index >= 15 is 0 Å². The second-order valence-corrected chi connectivity index (χ2v) is 6.40. The maximum atomic E-state index is 13.0. The molecule has 0 radical (unpaired) electrons. The van der Waals surface area contributed by atoms with Gasteiger partial charge < -0.3 is 4.90 Å². The van der Waals surface area contributed by atoms with Gasteiger partial charge in [-0.3, -0.25) is 9.36 Å². The summed E-state index contributed by atoms with van der Waals surface area (Å²) in [4.78, 5) is 23.3. The Labute approximate surface area is 147 Å². The van der Waals surface area contributed by atoms with E-state index in [-0.39, 0.29) is 11.9 Å². The number of pyridine rings is 1. The molecule has 0 spiro atoms. The number of hydrogen-bond acceptors (Lipinski definition) is 3. The molecule has 2 aromatic heterocycles. The number of rotatable bonds is 3. The molecule has 0 saturated carbocycles. The Kier molecular flexibility index (Phi) is 4.06. The average molecular weight is 332 g/mol. The molecule has 0 saturated heterocycles. The Morgan fingerprint density at radius 2 is 2.12 bits per heavy atom. The maximum absolute atomic E-state index is 13.0. The zero-order valence-electron chi connectivity index (χ0n) is 14.2. The van der Waals surface area contributed by atoms with Crippen LogP contribution >= 0.6 is 0 Å². The van der Waals surface area contributed by atoms with Gasteiger partial charge in [0.1, 0.15) is 12.1 Å². The van der Waals surface area contributed by atoms with Crippen LogP contribution in [0, 0.1) is 0 Å². The van der Waals surface area contributed by atoms with Crippen molar-refractivity contribution in [2.75, 3.05) is 7.05 Å². The van der Waals surface area contributed by atoms with Crippen molar-refractivity contribution >= 4 is 5.91 Å². The number of nitrogens with zero attached hydrogens (tertiary/aromatic N) is 4. The van der Waals surface area contributed by atoms with Gasteiger partial charge in [-0.2, -0.15) is 0 Å². The van der Waals surface area contributed by atoms with Gasteiger partial charge in [0.2, 0.25) is 0 Å². The van der Waals surface area contributed by atoms with Crippen LogP contribution in [0.15, 0.2) is 61.3 Å². The van der Waals surface area contributed by atoms with Gasteiger partial charge in [0.05, 0.1) is 6.04 Å². The highest BCUT2D eigenvalue weighted by atomic mass is 16.2. The molecule has 0 N–H and O–H groups in total. The summed E-state index contributed by atoms with van der Waals surface area (Å²) in [5.74, 6) is 0.714. The molecule has 25 heavy (non-hydrogen) atoms. The predicted octanol–water partition coefficient (Wildman–Crippen LogP) is 3.42. The molecule has 1 amide bonds. The zero-order valence-corrected chi connectivity index (χ0v) is 14.2. The molecular weight excluding hydrogens is 312 g/mol. The predicted molar refractivity (Wildman–Crippen MR) is 95.6 cm³/mol. The minimum absolute atomic E-state index is 0.0190. The Morgan fingerprint density at radius 3 is 2.96 bits per heavy atom. The highest BCUT2D eigenvalue weighted by Gasteiger charge is 2.27. The SMILES string of the molecule is CN(C(=O)c1ccnc(-n2ccnc2)c1)[C@H]1CCCc2ccccc21. The van der Waals surface area contributed by atoms with Gasteiger partial charge in [-0.05, 0) is 42.5 Å². The molecule has 126 valence electrons. The van der Waals surface area contributed by atoms with E-state index in [0.29, 0.717) is 11.4 Å². The number of fused-ring (bicyclic) bond motifs is 1. The molecular formula is C20H20N4O. The number of aromatic nitrogens is 3. The number of carbonyl (C=O) groups excluding carboxylic acids is 1. The van der Waals surface area contributed by atoms with Gasteiger partial charge in [0.15, 0.2) is 0 Å². The second-order valence-electron chi connectivity index (χ2n) is 6.40. The van der Waals surface area contributed by atoms with Crippen molar-refractivity contribution in [1.82, 2.24) is 19.4 Å². The minimum Gasteiger partial charge on any atom is -0.335 e. The fraction of sp³-hybridized carbons (Fsp3) is 0.250. The summed E-state index contributed by atoms with van der Waals surface area (Å²) in [5.41, 5.74) is 3.27. The van der Waals surface area contributed by atoms with Gasteiger partial charge in [-0.25, -0.2) is 9.97 Å². The maximum Gasteiger partial charge on any atom is 0.254 e. The van der Waals surface area contributed by atoms with Crippen LogP contribution in [0.5, 0.6) is 0 Å². The summed E-state index contributed by atoms with van der Waals surface area (Å²) < 4.78 is 1.80. The molecule has 1 aliphatic carbocycles. The molecule has 0 fully saturated rings. The number of imidazole rings is 1. The normalized spacial score (nSPS) is 16.3. The number of benzene rings is 1. The second kappa shape index (κ2) is 6.51. The molecule has 5 nitrogen and oxygen atoms in total. The van der Waals surface area contributed by atoms with E-state index in [4.69, 9.17) is 0 Å². The Bertz CT molecular complexity index is 888. The highest BCUT2D eigenvalue weighted by molar-refractivity contribution is 5.94. The fourth-order valence-corrected chi connectivity index (χ4v) is 3.56. The summed E-state index contributed by atoms with van der Waals surface area (Å²) in [7, 11) is 1.90. The molecule has 4 rings (SSSR count).